The predicted octanol–water partition coefficient (Wildman–Crippen LogP) is 20.1. The zero-order valence-electron chi connectivity index (χ0n) is 47.3. The average Bonchev–Trinajstić information content (AvgIpc) is 3.40. The summed E-state index contributed by atoms with van der Waals surface area (Å²) in [4.78, 5) is 38.3. The van der Waals surface area contributed by atoms with Crippen LogP contribution in [0.2, 0.25) is 0 Å². The maximum atomic E-state index is 12.9. The standard InChI is InChI=1S/C68H106O6/c1-4-7-10-13-16-19-22-25-28-31-34-37-40-43-46-49-52-55-58-61-67(70)73-64-65(63-72-66(69)60-57-54-51-48-45-42-39-36-33-30-27-24-21-18-15-12-9-6-3)74-68(71)62-59-56-53-50-47-44-41-38-35-32-29-26-23-20-17-14-11-8-5-2/h7,10,12-13,15-16,18-19,21-22,24-25,27-28,30-37,39-40,43,46,65H,4-6,8-9,11,14,17,20,23,26,29,38,41-42,44-45,47-64H2,1-3H3/b10-7-,15-12-,16-13-,21-18-,22-19-,27-24-,28-25-,33-30-,34-31+,35-32-,39-36-,40-37-,46-43-. The summed E-state index contributed by atoms with van der Waals surface area (Å²) in [5, 5.41) is 0. The van der Waals surface area contributed by atoms with Crippen molar-refractivity contribution in [2.75, 3.05) is 13.2 Å². The molecule has 414 valence electrons. The third kappa shape index (κ3) is 57.9. The first-order valence-electron chi connectivity index (χ1n) is 29.7. The average molecular weight is 1020 g/mol. The lowest BCUT2D eigenvalue weighted by Gasteiger charge is -2.18. The van der Waals surface area contributed by atoms with Crippen LogP contribution in [-0.2, 0) is 28.6 Å². The molecule has 0 aliphatic carbocycles. The van der Waals surface area contributed by atoms with Crippen LogP contribution < -0.4 is 0 Å². The Morgan fingerprint density at radius 3 is 0.932 bits per heavy atom. The van der Waals surface area contributed by atoms with Crippen LogP contribution in [0.15, 0.2) is 158 Å². The van der Waals surface area contributed by atoms with Crippen molar-refractivity contribution in [3.8, 4) is 0 Å². The van der Waals surface area contributed by atoms with E-state index in [0.29, 0.717) is 19.3 Å². The highest BCUT2D eigenvalue weighted by molar-refractivity contribution is 5.71. The van der Waals surface area contributed by atoms with E-state index in [2.05, 4.69) is 81.5 Å². The van der Waals surface area contributed by atoms with Crippen LogP contribution in [0, 0.1) is 0 Å². The van der Waals surface area contributed by atoms with Crippen LogP contribution in [0.3, 0.4) is 0 Å². The highest BCUT2D eigenvalue weighted by Gasteiger charge is 2.19. The summed E-state index contributed by atoms with van der Waals surface area (Å²) in [7, 11) is 0. The molecule has 1 unspecified atom stereocenters. The van der Waals surface area contributed by atoms with E-state index in [-0.39, 0.29) is 31.1 Å². The molecule has 0 fully saturated rings. The maximum absolute atomic E-state index is 12.9. The third-order valence-corrected chi connectivity index (χ3v) is 12.0. The summed E-state index contributed by atoms with van der Waals surface area (Å²) in [5.41, 5.74) is 0. The Balaban J connectivity index is 4.58. The fourth-order valence-electron chi connectivity index (χ4n) is 7.63. The second-order valence-electron chi connectivity index (χ2n) is 19.1. The Labute approximate surface area is 454 Å². The van der Waals surface area contributed by atoms with Gasteiger partial charge in [-0.15, -0.1) is 0 Å². The third-order valence-electron chi connectivity index (χ3n) is 12.0. The van der Waals surface area contributed by atoms with E-state index >= 15 is 0 Å². The number of rotatable bonds is 51. The van der Waals surface area contributed by atoms with Gasteiger partial charge in [-0.05, 0) is 83.5 Å². The second-order valence-corrected chi connectivity index (χ2v) is 19.1. The van der Waals surface area contributed by atoms with Crippen molar-refractivity contribution < 1.29 is 28.6 Å². The molecule has 0 N–H and O–H groups in total. The minimum absolute atomic E-state index is 0.115. The molecular weight excluding hydrogens is 913 g/mol. The monoisotopic (exact) mass is 1020 g/mol. The Kier molecular flexibility index (Phi) is 56.5. The van der Waals surface area contributed by atoms with Gasteiger partial charge in [0.05, 0.1) is 0 Å². The normalized spacial score (nSPS) is 13.3. The maximum Gasteiger partial charge on any atom is 0.306 e. The molecule has 0 rings (SSSR count). The molecule has 0 aromatic heterocycles. The van der Waals surface area contributed by atoms with Crippen LogP contribution >= 0.6 is 0 Å². The summed E-state index contributed by atoms with van der Waals surface area (Å²) in [5.74, 6) is -0.993. The zero-order valence-corrected chi connectivity index (χ0v) is 47.3. The number of unbranched alkanes of at least 4 members (excludes halogenated alkanes) is 24. The zero-order chi connectivity index (χ0) is 53.6. The molecule has 0 aliphatic heterocycles. The first-order valence-corrected chi connectivity index (χ1v) is 29.7. The molecule has 0 spiro atoms. The lowest BCUT2D eigenvalue weighted by Crippen LogP contribution is -2.30. The topological polar surface area (TPSA) is 78.9 Å². The van der Waals surface area contributed by atoms with Gasteiger partial charge in [0.25, 0.3) is 0 Å². The minimum atomic E-state index is -0.820. The van der Waals surface area contributed by atoms with Gasteiger partial charge in [-0.3, -0.25) is 14.4 Å². The quantitative estimate of drug-likeness (QED) is 0.0199. The number of carbonyl (C=O) groups excluding carboxylic acids is 3. The summed E-state index contributed by atoms with van der Waals surface area (Å²) < 4.78 is 16.8. The molecule has 0 saturated heterocycles. The van der Waals surface area contributed by atoms with E-state index in [1.54, 1.807) is 0 Å². The van der Waals surface area contributed by atoms with Crippen molar-refractivity contribution in [1.82, 2.24) is 0 Å². The molecule has 6 heteroatoms. The lowest BCUT2D eigenvalue weighted by atomic mass is 10.1. The van der Waals surface area contributed by atoms with Crippen LogP contribution in [-0.4, -0.2) is 37.2 Å². The molecule has 0 amide bonds. The fraction of sp³-hybridized carbons (Fsp3) is 0.574. The van der Waals surface area contributed by atoms with Crippen LogP contribution in [0.5, 0.6) is 0 Å². The lowest BCUT2D eigenvalue weighted by molar-refractivity contribution is -0.167. The Morgan fingerprint density at radius 2 is 0.568 bits per heavy atom. The van der Waals surface area contributed by atoms with Crippen LogP contribution in [0.25, 0.3) is 0 Å². The molecule has 0 aliphatic rings. The van der Waals surface area contributed by atoms with Gasteiger partial charge in [-0.1, -0.05) is 288 Å². The number of ether oxygens (including phenoxy) is 3. The van der Waals surface area contributed by atoms with E-state index in [9.17, 15) is 14.4 Å². The Hall–Kier alpha value is -4.97. The van der Waals surface area contributed by atoms with Crippen molar-refractivity contribution in [2.24, 2.45) is 0 Å². The summed E-state index contributed by atoms with van der Waals surface area (Å²) in [6.07, 6.45) is 87.9. The van der Waals surface area contributed by atoms with Crippen molar-refractivity contribution in [2.45, 2.75) is 239 Å². The van der Waals surface area contributed by atoms with Crippen molar-refractivity contribution in [3.63, 3.8) is 0 Å². The summed E-state index contributed by atoms with van der Waals surface area (Å²) >= 11 is 0. The molecule has 74 heavy (non-hydrogen) atoms. The summed E-state index contributed by atoms with van der Waals surface area (Å²) in [6.45, 7) is 6.33. The van der Waals surface area contributed by atoms with Gasteiger partial charge >= 0.3 is 17.9 Å². The van der Waals surface area contributed by atoms with Crippen LogP contribution in [0.4, 0.5) is 0 Å². The van der Waals surface area contributed by atoms with Crippen molar-refractivity contribution in [3.05, 3.63) is 158 Å². The number of carbonyl (C=O) groups is 3. The smallest absolute Gasteiger partial charge is 0.306 e. The van der Waals surface area contributed by atoms with Gasteiger partial charge in [0.1, 0.15) is 13.2 Å². The van der Waals surface area contributed by atoms with Gasteiger partial charge in [-0.2, -0.15) is 0 Å². The highest BCUT2D eigenvalue weighted by atomic mass is 16.6. The molecular formula is C68H106O6. The van der Waals surface area contributed by atoms with Crippen molar-refractivity contribution >= 4 is 17.9 Å². The minimum Gasteiger partial charge on any atom is -0.462 e. The van der Waals surface area contributed by atoms with E-state index in [1.807, 2.05) is 97.2 Å². The molecule has 0 heterocycles. The SMILES string of the molecule is CC\C=C/C=C\C=C/C=C\C=C\C=C/C=C\CCCCCC(=O)OCC(COC(=O)CCCCCCC\C=C/C=C\C=C/C=C\C=C/CCC)OC(=O)CCCCCCCCC/C=C\CCCCCCCCCC. The molecule has 0 aromatic carbocycles. The summed E-state index contributed by atoms with van der Waals surface area (Å²) in [6, 6.07) is 0. The second kappa shape index (κ2) is 60.6. The van der Waals surface area contributed by atoms with Gasteiger partial charge in [0.2, 0.25) is 0 Å². The number of hydrogen-bond acceptors (Lipinski definition) is 6. The van der Waals surface area contributed by atoms with Gasteiger partial charge in [0, 0.05) is 19.3 Å². The van der Waals surface area contributed by atoms with E-state index < -0.39 is 6.10 Å². The predicted molar refractivity (Wildman–Crippen MR) is 320 cm³/mol. The molecule has 6 nitrogen and oxygen atoms in total. The first-order chi connectivity index (χ1) is 36.5. The van der Waals surface area contributed by atoms with E-state index in [1.165, 1.54) is 96.3 Å². The highest BCUT2D eigenvalue weighted by Crippen LogP contribution is 2.14. The van der Waals surface area contributed by atoms with E-state index in [4.69, 9.17) is 14.2 Å². The molecule has 0 bridgehead atoms. The number of hydrogen-bond donors (Lipinski definition) is 0. The Bertz CT molecular complexity index is 1690. The van der Waals surface area contributed by atoms with Gasteiger partial charge in [0.15, 0.2) is 6.10 Å². The molecule has 0 saturated carbocycles. The number of allylic oxidation sites excluding steroid dienone is 26. The number of esters is 3. The molecule has 1 atom stereocenters. The first kappa shape index (κ1) is 69.0. The molecule has 0 aromatic rings. The largest absolute Gasteiger partial charge is 0.462 e. The van der Waals surface area contributed by atoms with Crippen molar-refractivity contribution in [1.29, 1.82) is 0 Å². The fourth-order valence-corrected chi connectivity index (χ4v) is 7.63. The Morgan fingerprint density at radius 1 is 0.284 bits per heavy atom. The van der Waals surface area contributed by atoms with Gasteiger partial charge in [-0.25, -0.2) is 0 Å². The van der Waals surface area contributed by atoms with Gasteiger partial charge < -0.3 is 14.2 Å². The molecule has 0 radical (unpaired) electrons. The van der Waals surface area contributed by atoms with E-state index in [0.717, 1.165) is 96.3 Å². The van der Waals surface area contributed by atoms with Crippen LogP contribution in [0.1, 0.15) is 233 Å².